The van der Waals surface area contributed by atoms with Crippen molar-refractivity contribution in [2.24, 2.45) is 4.99 Å². The van der Waals surface area contributed by atoms with E-state index in [1.807, 2.05) is 0 Å². The minimum atomic E-state index is -0.328. The summed E-state index contributed by atoms with van der Waals surface area (Å²) in [7, 11) is 0. The van der Waals surface area contributed by atoms with Gasteiger partial charge in [0.15, 0.2) is 0 Å². The molecule has 4 heteroatoms. The van der Waals surface area contributed by atoms with Crippen molar-refractivity contribution in [2.45, 2.75) is 6.29 Å². The third kappa shape index (κ3) is 3.58. The molecule has 1 unspecified atom stereocenters. The van der Waals surface area contributed by atoms with Gasteiger partial charge < -0.3 is 14.5 Å². The monoisotopic (exact) mass is 588 g/mol. The molecule has 7 aromatic carbocycles. The van der Waals surface area contributed by atoms with E-state index in [1.54, 1.807) is 0 Å². The standard InChI is InChI=1S/C42H28N4/c1-2-13-28(14-3-1)41-33-18-6-9-19-35(33)43-42(44-41)46-38-25-23-29(26-34(38)40-30-15-5-4-12-27(30)22-24-39(40)46)45-36-20-10-7-16-31(36)32-17-8-11-21-37(32)45/h1-26,42-43H. The number of nitrogens with one attached hydrogen (secondary N) is 1. The number of para-hydroxylation sites is 3. The van der Waals surface area contributed by atoms with Crippen molar-refractivity contribution in [3.05, 3.63) is 169 Å². The van der Waals surface area contributed by atoms with Crippen LogP contribution in [0.1, 0.15) is 17.4 Å². The number of hydrogen-bond donors (Lipinski definition) is 1. The van der Waals surface area contributed by atoms with Gasteiger partial charge in [-0.1, -0.05) is 115 Å². The Kier molecular flexibility index (Phi) is 5.31. The van der Waals surface area contributed by atoms with Crippen molar-refractivity contribution >= 4 is 65.8 Å². The molecule has 0 saturated heterocycles. The van der Waals surface area contributed by atoms with Gasteiger partial charge in [-0.2, -0.15) is 0 Å². The summed E-state index contributed by atoms with van der Waals surface area (Å²) in [5, 5.41) is 11.2. The molecule has 0 bridgehead atoms. The summed E-state index contributed by atoms with van der Waals surface area (Å²) in [5.74, 6) is 0. The first-order chi connectivity index (χ1) is 22.8. The molecule has 0 fully saturated rings. The van der Waals surface area contributed by atoms with Gasteiger partial charge in [0, 0.05) is 44.0 Å². The molecule has 0 spiro atoms. The van der Waals surface area contributed by atoms with Gasteiger partial charge in [-0.05, 0) is 53.2 Å². The van der Waals surface area contributed by atoms with Crippen LogP contribution < -0.4 is 5.32 Å². The molecule has 46 heavy (non-hydrogen) atoms. The van der Waals surface area contributed by atoms with E-state index in [0.717, 1.165) is 39.2 Å². The molecule has 10 rings (SSSR count). The van der Waals surface area contributed by atoms with E-state index < -0.39 is 0 Å². The Labute approximate surface area is 265 Å². The molecule has 3 heterocycles. The van der Waals surface area contributed by atoms with Crippen LogP contribution in [0.2, 0.25) is 0 Å². The lowest BCUT2D eigenvalue weighted by atomic mass is 9.99. The summed E-state index contributed by atoms with van der Waals surface area (Å²) in [6.07, 6.45) is -0.328. The third-order valence-corrected chi connectivity index (χ3v) is 9.52. The highest BCUT2D eigenvalue weighted by Crippen LogP contribution is 2.41. The van der Waals surface area contributed by atoms with Gasteiger partial charge in [0.1, 0.15) is 0 Å². The first-order valence-corrected chi connectivity index (χ1v) is 15.8. The molecule has 2 aromatic heterocycles. The molecular weight excluding hydrogens is 560 g/mol. The molecule has 0 saturated carbocycles. The summed E-state index contributed by atoms with van der Waals surface area (Å²) >= 11 is 0. The molecule has 4 nitrogen and oxygen atoms in total. The number of rotatable bonds is 3. The van der Waals surface area contributed by atoms with E-state index in [2.05, 4.69) is 172 Å². The van der Waals surface area contributed by atoms with Gasteiger partial charge in [-0.15, -0.1) is 0 Å². The van der Waals surface area contributed by atoms with Crippen LogP contribution >= 0.6 is 0 Å². The smallest absolute Gasteiger partial charge is 0.201 e. The maximum Gasteiger partial charge on any atom is 0.201 e. The lowest BCUT2D eigenvalue weighted by Crippen LogP contribution is -2.24. The van der Waals surface area contributed by atoms with Crippen LogP contribution in [0, 0.1) is 0 Å². The third-order valence-electron chi connectivity index (χ3n) is 9.52. The zero-order valence-corrected chi connectivity index (χ0v) is 24.9. The van der Waals surface area contributed by atoms with Crippen LogP contribution in [0.5, 0.6) is 0 Å². The summed E-state index contributed by atoms with van der Waals surface area (Å²) in [5.41, 5.74) is 10.2. The van der Waals surface area contributed by atoms with Crippen LogP contribution in [0.15, 0.2) is 163 Å². The maximum atomic E-state index is 5.43. The minimum absolute atomic E-state index is 0.328. The number of hydrogen-bond acceptors (Lipinski definition) is 2. The van der Waals surface area contributed by atoms with Crippen LogP contribution in [-0.2, 0) is 0 Å². The lowest BCUT2D eigenvalue weighted by Gasteiger charge is -2.28. The Morgan fingerprint density at radius 3 is 1.96 bits per heavy atom. The Hall–Kier alpha value is -6.13. The van der Waals surface area contributed by atoms with Crippen LogP contribution in [0.3, 0.4) is 0 Å². The van der Waals surface area contributed by atoms with E-state index >= 15 is 0 Å². The molecule has 1 aliphatic rings. The highest BCUT2D eigenvalue weighted by molar-refractivity contribution is 6.22. The van der Waals surface area contributed by atoms with Gasteiger partial charge in [0.05, 0.1) is 27.8 Å². The highest BCUT2D eigenvalue weighted by Gasteiger charge is 2.26. The molecule has 1 atom stereocenters. The number of nitrogens with zero attached hydrogens (tertiary/aromatic N) is 3. The zero-order valence-electron chi connectivity index (χ0n) is 24.9. The predicted molar refractivity (Wildman–Crippen MR) is 192 cm³/mol. The van der Waals surface area contributed by atoms with Crippen molar-refractivity contribution in [1.29, 1.82) is 0 Å². The first kappa shape index (κ1) is 25.2. The number of aliphatic imine (C=N–C) groups is 1. The second-order valence-corrected chi connectivity index (χ2v) is 12.0. The summed E-state index contributed by atoms with van der Waals surface area (Å²) in [6, 6.07) is 56.5. The van der Waals surface area contributed by atoms with Crippen molar-refractivity contribution in [1.82, 2.24) is 9.13 Å². The number of anilines is 1. The fraction of sp³-hybridized carbons (Fsp3) is 0.0238. The fourth-order valence-electron chi connectivity index (χ4n) is 7.54. The van der Waals surface area contributed by atoms with Crippen LogP contribution in [-0.4, -0.2) is 14.8 Å². The Morgan fingerprint density at radius 2 is 1.15 bits per heavy atom. The lowest BCUT2D eigenvalue weighted by molar-refractivity contribution is 0.624. The summed E-state index contributed by atoms with van der Waals surface area (Å²) < 4.78 is 4.78. The number of benzene rings is 7. The van der Waals surface area contributed by atoms with Crippen molar-refractivity contribution in [3.63, 3.8) is 0 Å². The SMILES string of the molecule is c1ccc(C2=NC(n3c4ccc(-n5c6ccccc6c6ccccc65)cc4c4c5ccccc5ccc43)Nc3ccccc32)cc1. The highest BCUT2D eigenvalue weighted by atomic mass is 15.3. The van der Waals surface area contributed by atoms with Gasteiger partial charge >= 0.3 is 0 Å². The normalized spacial score (nSPS) is 14.6. The van der Waals surface area contributed by atoms with Gasteiger partial charge in [0.2, 0.25) is 6.29 Å². The van der Waals surface area contributed by atoms with Gasteiger partial charge in [-0.3, -0.25) is 0 Å². The summed E-state index contributed by atoms with van der Waals surface area (Å²) in [6.45, 7) is 0. The first-order valence-electron chi connectivity index (χ1n) is 15.8. The van der Waals surface area contributed by atoms with Crippen molar-refractivity contribution in [3.8, 4) is 5.69 Å². The maximum absolute atomic E-state index is 5.43. The topological polar surface area (TPSA) is 34.2 Å². The molecule has 0 amide bonds. The van der Waals surface area contributed by atoms with E-state index in [9.17, 15) is 0 Å². The molecular formula is C42H28N4. The summed E-state index contributed by atoms with van der Waals surface area (Å²) in [4.78, 5) is 5.43. The van der Waals surface area contributed by atoms with E-state index in [-0.39, 0.29) is 6.29 Å². The molecule has 0 aliphatic carbocycles. The average Bonchev–Trinajstić information content (AvgIpc) is 3.64. The minimum Gasteiger partial charge on any atom is -0.346 e. The Bertz CT molecular complexity index is 2620. The van der Waals surface area contributed by atoms with E-state index in [0.29, 0.717) is 0 Å². The van der Waals surface area contributed by atoms with E-state index in [1.165, 1.54) is 43.4 Å². The molecule has 1 N–H and O–H groups in total. The average molecular weight is 589 g/mol. The second-order valence-electron chi connectivity index (χ2n) is 12.0. The number of fused-ring (bicyclic) bond motifs is 9. The molecule has 0 radical (unpaired) electrons. The second kappa shape index (κ2) is 9.68. The number of aromatic nitrogens is 2. The molecule has 9 aromatic rings. The van der Waals surface area contributed by atoms with Crippen LogP contribution in [0.4, 0.5) is 5.69 Å². The molecule has 1 aliphatic heterocycles. The zero-order chi connectivity index (χ0) is 30.2. The Morgan fingerprint density at radius 1 is 0.500 bits per heavy atom. The van der Waals surface area contributed by atoms with Crippen molar-refractivity contribution in [2.75, 3.05) is 5.32 Å². The fourth-order valence-corrected chi connectivity index (χ4v) is 7.54. The molecule has 216 valence electrons. The predicted octanol–water partition coefficient (Wildman–Crippen LogP) is 10.5. The quantitative estimate of drug-likeness (QED) is 0.219. The Balaban J connectivity index is 1.28. The van der Waals surface area contributed by atoms with Crippen molar-refractivity contribution < 1.29 is 0 Å². The van der Waals surface area contributed by atoms with Gasteiger partial charge in [-0.25, -0.2) is 4.99 Å². The van der Waals surface area contributed by atoms with Gasteiger partial charge in [0.25, 0.3) is 0 Å². The van der Waals surface area contributed by atoms with Crippen LogP contribution in [0.25, 0.3) is 60.1 Å². The largest absolute Gasteiger partial charge is 0.346 e. The van der Waals surface area contributed by atoms with E-state index in [4.69, 9.17) is 4.99 Å².